The van der Waals surface area contributed by atoms with Gasteiger partial charge in [0, 0.05) is 43.6 Å². The third-order valence-electron chi connectivity index (χ3n) is 12.7. The lowest BCUT2D eigenvalue weighted by Gasteiger charge is -2.61. The van der Waals surface area contributed by atoms with E-state index < -0.39 is 17.5 Å². The Bertz CT molecular complexity index is 1450. The van der Waals surface area contributed by atoms with E-state index in [4.69, 9.17) is 9.47 Å². The number of benzene rings is 1. The van der Waals surface area contributed by atoms with Gasteiger partial charge in [-0.15, -0.1) is 0 Å². The zero-order valence-corrected chi connectivity index (χ0v) is 29.0. The molecule has 49 heavy (non-hydrogen) atoms. The summed E-state index contributed by atoms with van der Waals surface area (Å²) < 4.78 is 28.6. The molecule has 7 atom stereocenters. The Morgan fingerprint density at radius 3 is 2.63 bits per heavy atom. The number of carbonyl (C=O) groups excluding carboxylic acids is 2. The summed E-state index contributed by atoms with van der Waals surface area (Å²) in [7, 11) is 2.14. The van der Waals surface area contributed by atoms with Crippen LogP contribution in [0.3, 0.4) is 0 Å². The largest absolute Gasteiger partial charge is 0.479 e. The lowest BCUT2D eigenvalue weighted by atomic mass is 9.56. The van der Waals surface area contributed by atoms with E-state index in [0.717, 1.165) is 57.9 Å². The number of likely N-dealkylation sites (tertiary alicyclic amines) is 1. The molecular weight excluding hydrogens is 623 g/mol. The first-order chi connectivity index (χ1) is 23.8. The van der Waals surface area contributed by atoms with Crippen molar-refractivity contribution in [3.8, 4) is 11.8 Å². The van der Waals surface area contributed by atoms with E-state index >= 15 is 9.18 Å². The fraction of sp³-hybridized carbons (Fsp3) is 0.711. The second-order valence-corrected chi connectivity index (χ2v) is 15.4. The average Bonchev–Trinajstić information content (AvgIpc) is 3.69. The van der Waals surface area contributed by atoms with E-state index in [1.54, 1.807) is 17.0 Å². The van der Waals surface area contributed by atoms with Gasteiger partial charge in [-0.05, 0) is 76.2 Å². The van der Waals surface area contributed by atoms with Crippen molar-refractivity contribution >= 4 is 11.7 Å². The first-order valence-corrected chi connectivity index (χ1v) is 18.7. The zero-order chi connectivity index (χ0) is 34.2. The number of nitrogens with zero attached hydrogens (tertiary/aromatic N) is 4. The van der Waals surface area contributed by atoms with Crippen LogP contribution < -0.4 is 15.4 Å². The van der Waals surface area contributed by atoms with E-state index in [1.165, 1.54) is 18.6 Å². The standard InChI is InChI=1S/C38H53FN6O4/c1-3-33(46)45-22-21-44(24-27(45)17-19-40)34-30-16-18-37(23-29-31(39)14-9-15-32(29)49-37)35(47)38(30,26-11-7-5-4-6-8-12-26)42-36(41-34)48-25-28-13-10-20-43(28)2/h3,9,14-15,26-28,30,34,36,41-42H,1,4-8,10-13,16-18,20-25H2,2H3/t27?,28?,30?,34?,36?,37-,38?/m1/s1. The van der Waals surface area contributed by atoms with E-state index in [0.29, 0.717) is 56.4 Å². The van der Waals surface area contributed by atoms with Crippen molar-refractivity contribution in [2.24, 2.45) is 11.8 Å². The minimum absolute atomic E-state index is 0.0320. The predicted molar refractivity (Wildman–Crippen MR) is 183 cm³/mol. The second-order valence-electron chi connectivity index (χ2n) is 15.4. The molecule has 1 spiro atoms. The first kappa shape index (κ1) is 34.6. The van der Waals surface area contributed by atoms with Gasteiger partial charge in [0.1, 0.15) is 11.6 Å². The molecule has 0 radical (unpaired) electrons. The number of nitrogens with one attached hydrogen (secondary N) is 2. The molecule has 4 aliphatic heterocycles. The summed E-state index contributed by atoms with van der Waals surface area (Å²) in [5.41, 5.74) is -1.62. The van der Waals surface area contributed by atoms with Gasteiger partial charge in [-0.2, -0.15) is 5.26 Å². The van der Waals surface area contributed by atoms with Gasteiger partial charge in [-0.1, -0.05) is 44.7 Å². The molecular formula is C38H53FN6O4. The third-order valence-corrected chi connectivity index (χ3v) is 12.7. The van der Waals surface area contributed by atoms with Crippen LogP contribution in [-0.4, -0.2) is 102 Å². The fourth-order valence-electron chi connectivity index (χ4n) is 10.2. The highest BCUT2D eigenvalue weighted by Gasteiger charge is 2.67. The number of Topliss-reactive ketones (excluding diaryl/α,β-unsaturated/α-hetero) is 1. The highest BCUT2D eigenvalue weighted by molar-refractivity contribution is 5.99. The molecule has 3 saturated heterocycles. The second kappa shape index (κ2) is 14.4. The molecule has 0 aromatic heterocycles. The summed E-state index contributed by atoms with van der Waals surface area (Å²) in [6.07, 6.45) is 11.8. The number of carbonyl (C=O) groups is 2. The maximum absolute atomic E-state index is 15.7. The quantitative estimate of drug-likeness (QED) is 0.413. The predicted octanol–water partition coefficient (Wildman–Crippen LogP) is 4.10. The van der Waals surface area contributed by atoms with Crippen LogP contribution in [0, 0.1) is 29.0 Å². The highest BCUT2D eigenvalue weighted by Crippen LogP contribution is 2.53. The Morgan fingerprint density at radius 2 is 1.92 bits per heavy atom. The Kier molecular flexibility index (Phi) is 10.2. The molecule has 5 fully saturated rings. The Hall–Kier alpha value is -2.88. The van der Waals surface area contributed by atoms with Gasteiger partial charge in [0.15, 0.2) is 17.7 Å². The normalized spacial score (nSPS) is 36.0. The number of piperazine rings is 1. The van der Waals surface area contributed by atoms with Gasteiger partial charge in [0.2, 0.25) is 5.91 Å². The van der Waals surface area contributed by atoms with Crippen LogP contribution in [0.4, 0.5) is 4.39 Å². The van der Waals surface area contributed by atoms with Crippen molar-refractivity contribution in [3.05, 3.63) is 42.2 Å². The Balaban J connectivity index is 1.27. The van der Waals surface area contributed by atoms with Crippen LogP contribution in [-0.2, 0) is 20.7 Å². The van der Waals surface area contributed by atoms with Crippen LogP contribution in [0.5, 0.6) is 5.75 Å². The molecule has 2 saturated carbocycles. The van der Waals surface area contributed by atoms with Crippen molar-refractivity contribution in [2.75, 3.05) is 39.8 Å². The van der Waals surface area contributed by atoms with Crippen molar-refractivity contribution in [1.29, 1.82) is 5.26 Å². The maximum atomic E-state index is 15.7. The van der Waals surface area contributed by atoms with Crippen LogP contribution in [0.2, 0.25) is 0 Å². The van der Waals surface area contributed by atoms with Gasteiger partial charge in [0.25, 0.3) is 0 Å². The molecule has 0 bridgehead atoms. The Morgan fingerprint density at radius 1 is 1.12 bits per heavy atom. The van der Waals surface area contributed by atoms with Crippen LogP contribution in [0.1, 0.15) is 82.6 Å². The SMILES string of the molecule is C=CC(=O)N1CCN(C2NC(OCC3CCCN3C)NC3(C4CCCCCCC4)C(=O)[C@@]4(CCC23)Cc2c(F)cccc2O4)CC1CC#N. The molecule has 6 aliphatic rings. The number of hydrogen-bond donors (Lipinski definition) is 2. The van der Waals surface area contributed by atoms with E-state index in [-0.39, 0.29) is 54.4 Å². The number of fused-ring (bicyclic) bond motifs is 2. The summed E-state index contributed by atoms with van der Waals surface area (Å²) in [5.74, 6) is -0.0376. The van der Waals surface area contributed by atoms with E-state index in [9.17, 15) is 10.1 Å². The van der Waals surface area contributed by atoms with Crippen molar-refractivity contribution in [3.63, 3.8) is 0 Å². The third kappa shape index (κ3) is 6.33. The minimum Gasteiger partial charge on any atom is -0.479 e. The maximum Gasteiger partial charge on any atom is 0.246 e. The van der Waals surface area contributed by atoms with Crippen LogP contribution in [0.25, 0.3) is 0 Å². The number of hydrogen-bond acceptors (Lipinski definition) is 9. The van der Waals surface area contributed by atoms with E-state index in [1.807, 2.05) is 0 Å². The Labute approximate surface area is 290 Å². The topological polar surface area (TPSA) is 110 Å². The molecule has 11 heteroatoms. The lowest BCUT2D eigenvalue weighted by molar-refractivity contribution is -0.182. The van der Waals surface area contributed by atoms with E-state index in [2.05, 4.69) is 40.1 Å². The molecule has 1 amide bonds. The number of ether oxygens (including phenoxy) is 2. The number of ketones is 1. The van der Waals surface area contributed by atoms with Crippen molar-refractivity contribution in [2.45, 2.75) is 119 Å². The number of nitriles is 1. The zero-order valence-electron chi connectivity index (χ0n) is 29.0. The summed E-state index contributed by atoms with van der Waals surface area (Å²) in [6, 6.07) is 7.21. The average molecular weight is 677 g/mol. The molecule has 266 valence electrons. The van der Waals surface area contributed by atoms with Gasteiger partial charge >= 0.3 is 0 Å². The summed E-state index contributed by atoms with van der Waals surface area (Å²) in [5, 5.41) is 17.4. The molecule has 6 unspecified atom stereocenters. The van der Waals surface area contributed by atoms with Gasteiger partial charge in [-0.25, -0.2) is 4.39 Å². The number of rotatable bonds is 7. The minimum atomic E-state index is -1.15. The molecule has 1 aromatic rings. The summed E-state index contributed by atoms with van der Waals surface area (Å²) in [6.45, 7) is 6.85. The number of amides is 1. The molecule has 2 aliphatic carbocycles. The number of likely N-dealkylation sites (N-methyl/N-ethyl adjacent to an activating group) is 1. The number of halogens is 1. The summed E-state index contributed by atoms with van der Waals surface area (Å²) in [4.78, 5) is 35.0. The van der Waals surface area contributed by atoms with Crippen LogP contribution in [0.15, 0.2) is 30.9 Å². The van der Waals surface area contributed by atoms with Gasteiger partial charge in [-0.3, -0.25) is 25.1 Å². The lowest BCUT2D eigenvalue weighted by Crippen LogP contribution is -2.83. The van der Waals surface area contributed by atoms with Crippen LogP contribution >= 0.6 is 0 Å². The van der Waals surface area contributed by atoms with Gasteiger partial charge < -0.3 is 19.3 Å². The monoisotopic (exact) mass is 676 g/mol. The first-order valence-electron chi connectivity index (χ1n) is 18.7. The van der Waals surface area contributed by atoms with Crippen molar-refractivity contribution < 1.29 is 23.5 Å². The van der Waals surface area contributed by atoms with Crippen molar-refractivity contribution in [1.82, 2.24) is 25.3 Å². The smallest absolute Gasteiger partial charge is 0.246 e. The molecule has 10 nitrogen and oxygen atoms in total. The molecule has 1 aromatic carbocycles. The fourth-order valence-corrected chi connectivity index (χ4v) is 10.2. The molecule has 4 heterocycles. The van der Waals surface area contributed by atoms with Gasteiger partial charge in [0.05, 0.1) is 36.8 Å². The molecule has 7 rings (SSSR count). The molecule has 2 N–H and O–H groups in total. The highest BCUT2D eigenvalue weighted by atomic mass is 19.1. The summed E-state index contributed by atoms with van der Waals surface area (Å²) >= 11 is 0.